The van der Waals surface area contributed by atoms with Crippen molar-refractivity contribution in [2.75, 3.05) is 5.75 Å². The van der Waals surface area contributed by atoms with Gasteiger partial charge in [0.15, 0.2) is 9.84 Å². The van der Waals surface area contributed by atoms with Crippen LogP contribution < -0.4 is 0 Å². The van der Waals surface area contributed by atoms with E-state index in [0.717, 1.165) is 45.0 Å². The second-order valence-electron chi connectivity index (χ2n) is 7.75. The van der Waals surface area contributed by atoms with Crippen molar-refractivity contribution < 1.29 is 12.8 Å². The standard InChI is InChI=1S/C24H21FN4O2S2/c1-2-3-12-33(30,31)23-11-9-21(32-23)20-14-26-22-10-6-17(15-29(20)22)19-13-27-28-24(19)16-4-7-18(25)8-5-16/h4-11,13-15H,2-3,12H2,1H3,(H,27,28). The molecule has 4 aromatic heterocycles. The lowest BCUT2D eigenvalue weighted by molar-refractivity contribution is 0.594. The van der Waals surface area contributed by atoms with E-state index in [1.165, 1.54) is 23.5 Å². The van der Waals surface area contributed by atoms with Crippen LogP contribution in [0, 0.1) is 5.82 Å². The molecular weight excluding hydrogens is 459 g/mol. The monoisotopic (exact) mass is 480 g/mol. The molecule has 5 aromatic rings. The molecule has 0 amide bonds. The molecule has 0 aliphatic carbocycles. The highest BCUT2D eigenvalue weighted by atomic mass is 32.2. The maximum absolute atomic E-state index is 13.4. The van der Waals surface area contributed by atoms with Crippen molar-refractivity contribution in [2.45, 2.75) is 24.0 Å². The van der Waals surface area contributed by atoms with Crippen LogP contribution in [0.1, 0.15) is 19.8 Å². The predicted molar refractivity (Wildman–Crippen MR) is 128 cm³/mol. The number of hydrogen-bond donors (Lipinski definition) is 1. The molecule has 168 valence electrons. The maximum Gasteiger partial charge on any atom is 0.187 e. The zero-order chi connectivity index (χ0) is 23.0. The summed E-state index contributed by atoms with van der Waals surface area (Å²) in [5.74, 6) is -0.135. The van der Waals surface area contributed by atoms with E-state index in [9.17, 15) is 12.8 Å². The van der Waals surface area contributed by atoms with Gasteiger partial charge in [-0.3, -0.25) is 9.50 Å². The highest BCUT2D eigenvalue weighted by Gasteiger charge is 2.19. The summed E-state index contributed by atoms with van der Waals surface area (Å²) in [5.41, 5.74) is 4.97. The molecule has 0 radical (unpaired) electrons. The largest absolute Gasteiger partial charge is 0.298 e. The van der Waals surface area contributed by atoms with E-state index in [4.69, 9.17) is 0 Å². The number of rotatable bonds is 7. The van der Waals surface area contributed by atoms with E-state index in [0.29, 0.717) is 10.6 Å². The fourth-order valence-corrected chi connectivity index (χ4v) is 6.64. The van der Waals surface area contributed by atoms with Gasteiger partial charge in [0, 0.05) is 22.9 Å². The summed E-state index contributed by atoms with van der Waals surface area (Å²) in [6.07, 6.45) is 6.93. The van der Waals surface area contributed by atoms with Gasteiger partial charge >= 0.3 is 0 Å². The number of imidazole rings is 1. The highest BCUT2D eigenvalue weighted by molar-refractivity contribution is 7.93. The average Bonchev–Trinajstić information content (AvgIpc) is 3.56. The Morgan fingerprint density at radius 3 is 2.61 bits per heavy atom. The second-order valence-corrected chi connectivity index (χ2v) is 11.2. The lowest BCUT2D eigenvalue weighted by atomic mass is 10.0. The quantitative estimate of drug-likeness (QED) is 0.318. The minimum atomic E-state index is -3.28. The topological polar surface area (TPSA) is 80.1 Å². The van der Waals surface area contributed by atoms with Gasteiger partial charge in [0.2, 0.25) is 0 Å². The van der Waals surface area contributed by atoms with Gasteiger partial charge in [-0.1, -0.05) is 13.3 Å². The van der Waals surface area contributed by atoms with Crippen LogP contribution in [0.4, 0.5) is 4.39 Å². The van der Waals surface area contributed by atoms with Crippen LogP contribution in [0.25, 0.3) is 38.6 Å². The van der Waals surface area contributed by atoms with Crippen molar-refractivity contribution in [3.63, 3.8) is 0 Å². The fraction of sp³-hybridized carbons (Fsp3) is 0.167. The number of aromatic nitrogens is 4. The van der Waals surface area contributed by atoms with Gasteiger partial charge in [-0.05, 0) is 55.0 Å². The number of thiophene rings is 1. The SMILES string of the molecule is CCCCS(=O)(=O)c1ccc(-c2cnc3ccc(-c4cn[nH]c4-c4ccc(F)cc4)cn23)s1. The third kappa shape index (κ3) is 4.09. The van der Waals surface area contributed by atoms with Gasteiger partial charge in [-0.2, -0.15) is 5.10 Å². The van der Waals surface area contributed by atoms with Gasteiger partial charge in [0.1, 0.15) is 15.7 Å². The van der Waals surface area contributed by atoms with Gasteiger partial charge in [-0.25, -0.2) is 17.8 Å². The average molecular weight is 481 g/mol. The number of H-pyrrole nitrogens is 1. The summed E-state index contributed by atoms with van der Waals surface area (Å²) in [5, 5.41) is 7.20. The van der Waals surface area contributed by atoms with Gasteiger partial charge < -0.3 is 0 Å². The molecule has 6 nitrogen and oxygen atoms in total. The number of aromatic amines is 1. The van der Waals surface area contributed by atoms with Crippen LogP contribution in [0.2, 0.25) is 0 Å². The number of benzene rings is 1. The second kappa shape index (κ2) is 8.57. The molecule has 0 spiro atoms. The van der Waals surface area contributed by atoms with Crippen molar-refractivity contribution in [3.8, 4) is 33.0 Å². The normalized spacial score (nSPS) is 11.9. The van der Waals surface area contributed by atoms with Crippen LogP contribution in [-0.4, -0.2) is 33.8 Å². The molecule has 0 saturated heterocycles. The zero-order valence-corrected chi connectivity index (χ0v) is 19.5. The molecule has 33 heavy (non-hydrogen) atoms. The van der Waals surface area contributed by atoms with Crippen molar-refractivity contribution in [1.29, 1.82) is 0 Å². The molecule has 9 heteroatoms. The fourth-order valence-electron chi connectivity index (χ4n) is 3.72. The van der Waals surface area contributed by atoms with Gasteiger partial charge in [0.25, 0.3) is 0 Å². The summed E-state index contributed by atoms with van der Waals surface area (Å²) < 4.78 is 40.9. The summed E-state index contributed by atoms with van der Waals surface area (Å²) in [4.78, 5) is 5.32. The number of nitrogens with zero attached hydrogens (tertiary/aromatic N) is 3. The molecule has 1 N–H and O–H groups in total. The molecule has 0 bridgehead atoms. The first-order chi connectivity index (χ1) is 16.0. The number of pyridine rings is 1. The van der Waals surface area contributed by atoms with Crippen LogP contribution in [-0.2, 0) is 9.84 Å². The van der Waals surface area contributed by atoms with E-state index in [1.54, 1.807) is 30.6 Å². The van der Waals surface area contributed by atoms with Gasteiger partial charge in [-0.15, -0.1) is 11.3 Å². The van der Waals surface area contributed by atoms with Crippen LogP contribution in [0.3, 0.4) is 0 Å². The van der Waals surface area contributed by atoms with E-state index >= 15 is 0 Å². The number of nitrogens with one attached hydrogen (secondary N) is 1. The molecule has 0 aliphatic rings. The Morgan fingerprint density at radius 1 is 1.03 bits per heavy atom. The van der Waals surface area contributed by atoms with Crippen LogP contribution in [0.5, 0.6) is 0 Å². The number of fused-ring (bicyclic) bond motifs is 1. The predicted octanol–water partition coefficient (Wildman–Crippen LogP) is 5.83. The third-order valence-electron chi connectivity index (χ3n) is 5.50. The molecule has 0 saturated carbocycles. The zero-order valence-electron chi connectivity index (χ0n) is 17.8. The molecule has 0 unspecified atom stereocenters. The molecule has 0 atom stereocenters. The lowest BCUT2D eigenvalue weighted by Gasteiger charge is -2.06. The third-order valence-corrected chi connectivity index (χ3v) is 8.99. The van der Waals surface area contributed by atoms with Gasteiger partial charge in [0.05, 0.1) is 34.4 Å². The first-order valence-electron chi connectivity index (χ1n) is 10.6. The van der Waals surface area contributed by atoms with E-state index in [-0.39, 0.29) is 11.6 Å². The molecule has 5 rings (SSSR count). The Morgan fingerprint density at radius 2 is 1.82 bits per heavy atom. The first-order valence-corrected chi connectivity index (χ1v) is 13.0. The molecular formula is C24H21FN4O2S2. The van der Waals surface area contributed by atoms with Crippen molar-refractivity contribution in [3.05, 3.63) is 72.9 Å². The summed E-state index contributed by atoms with van der Waals surface area (Å²) in [7, 11) is -3.28. The summed E-state index contributed by atoms with van der Waals surface area (Å²) in [6.45, 7) is 1.98. The Kier molecular flexibility index (Phi) is 5.59. The Hall–Kier alpha value is -3.30. The lowest BCUT2D eigenvalue weighted by Crippen LogP contribution is -2.04. The minimum absolute atomic E-state index is 0.160. The minimum Gasteiger partial charge on any atom is -0.298 e. The Bertz CT molecular complexity index is 1530. The first kappa shape index (κ1) is 21.5. The summed E-state index contributed by atoms with van der Waals surface area (Å²) >= 11 is 1.26. The number of sulfone groups is 1. The molecule has 0 aliphatic heterocycles. The maximum atomic E-state index is 13.4. The molecule has 4 heterocycles. The van der Waals surface area contributed by atoms with E-state index in [2.05, 4.69) is 15.2 Å². The smallest absolute Gasteiger partial charge is 0.187 e. The molecule has 0 fully saturated rings. The summed E-state index contributed by atoms with van der Waals surface area (Å²) in [6, 6.07) is 13.6. The van der Waals surface area contributed by atoms with Crippen LogP contribution >= 0.6 is 11.3 Å². The number of halogens is 1. The number of unbranched alkanes of at least 4 members (excludes halogenated alkanes) is 1. The van der Waals surface area contributed by atoms with Crippen molar-refractivity contribution in [2.24, 2.45) is 0 Å². The van der Waals surface area contributed by atoms with E-state index < -0.39 is 9.84 Å². The highest BCUT2D eigenvalue weighted by Crippen LogP contribution is 2.34. The van der Waals surface area contributed by atoms with Crippen molar-refractivity contribution >= 4 is 26.8 Å². The Balaban J connectivity index is 1.54. The Labute approximate surface area is 194 Å². The molecule has 1 aromatic carbocycles. The van der Waals surface area contributed by atoms with Crippen molar-refractivity contribution in [1.82, 2.24) is 19.6 Å². The van der Waals surface area contributed by atoms with Crippen LogP contribution in [0.15, 0.2) is 71.3 Å². The van der Waals surface area contributed by atoms with E-state index in [1.807, 2.05) is 35.7 Å². The number of hydrogen-bond acceptors (Lipinski definition) is 5.